The molecule has 0 radical (unpaired) electrons. The molecular weight excluding hydrogens is 242 g/mol. The molecule has 1 aliphatic rings. The Morgan fingerprint density at radius 3 is 2.55 bits per heavy atom. The molecule has 0 saturated carbocycles. The van der Waals surface area contributed by atoms with Crippen LogP contribution >= 0.6 is 0 Å². The fraction of sp³-hybridized carbons (Fsp3) is 0.895. The Labute approximate surface area is 127 Å². The minimum Gasteiger partial charge on any atom is -0.310 e. The average molecular weight is 280 g/mol. The van der Waals surface area contributed by atoms with Crippen LogP contribution in [-0.2, 0) is 0 Å². The Morgan fingerprint density at radius 1 is 0.950 bits per heavy atom. The minimum atomic E-state index is 0.676. The number of hydrogen-bond acceptors (Lipinski definition) is 1. The van der Waals surface area contributed by atoms with Crippen molar-refractivity contribution in [1.29, 1.82) is 0 Å². The van der Waals surface area contributed by atoms with Crippen LogP contribution in [0.2, 0.25) is 0 Å². The van der Waals surface area contributed by atoms with Gasteiger partial charge < -0.3 is 5.32 Å². The Bertz CT molecular complexity index is 244. The van der Waals surface area contributed by atoms with Crippen LogP contribution in [0.15, 0.2) is 11.6 Å². The molecule has 0 aromatic rings. The number of unbranched alkanes of at least 4 members (excludes halogenated alkanes) is 4. The average Bonchev–Trinajstić information content (AvgIpc) is 2.42. The van der Waals surface area contributed by atoms with Gasteiger partial charge in [-0.2, -0.15) is 0 Å². The maximum atomic E-state index is 3.81. The van der Waals surface area contributed by atoms with Crippen molar-refractivity contribution in [2.45, 2.75) is 103 Å². The highest BCUT2D eigenvalue weighted by molar-refractivity contribution is 5.11. The van der Waals surface area contributed by atoms with Gasteiger partial charge in [0.1, 0.15) is 0 Å². The van der Waals surface area contributed by atoms with Gasteiger partial charge in [-0.1, -0.05) is 70.4 Å². The normalized spacial score (nSPS) is 18.2. The van der Waals surface area contributed by atoms with Crippen molar-refractivity contribution < 1.29 is 0 Å². The number of rotatable bonds is 10. The van der Waals surface area contributed by atoms with Gasteiger partial charge in [0.25, 0.3) is 0 Å². The van der Waals surface area contributed by atoms with Gasteiger partial charge in [-0.3, -0.25) is 0 Å². The molecule has 1 atom stereocenters. The van der Waals surface area contributed by atoms with Crippen molar-refractivity contribution >= 4 is 0 Å². The van der Waals surface area contributed by atoms with E-state index in [0.717, 1.165) is 0 Å². The zero-order valence-corrected chi connectivity index (χ0v) is 14.1. The van der Waals surface area contributed by atoms with Crippen molar-refractivity contribution in [3.05, 3.63) is 11.6 Å². The third kappa shape index (κ3) is 8.09. The third-order valence-electron chi connectivity index (χ3n) is 4.51. The van der Waals surface area contributed by atoms with E-state index >= 15 is 0 Å². The molecule has 0 saturated heterocycles. The highest BCUT2D eigenvalue weighted by atomic mass is 14.9. The maximum Gasteiger partial charge on any atom is 0.0279 e. The van der Waals surface area contributed by atoms with Crippen LogP contribution < -0.4 is 5.32 Å². The first-order valence-electron chi connectivity index (χ1n) is 9.30. The molecule has 0 aromatic carbocycles. The number of allylic oxidation sites excluding steroid dienone is 1. The summed E-state index contributed by atoms with van der Waals surface area (Å²) in [5.41, 5.74) is 1.73. The molecule has 0 spiro atoms. The Balaban J connectivity index is 2.39. The zero-order valence-electron chi connectivity index (χ0n) is 14.1. The van der Waals surface area contributed by atoms with Crippen LogP contribution in [0, 0.1) is 0 Å². The monoisotopic (exact) mass is 279 g/mol. The quantitative estimate of drug-likeness (QED) is 0.382. The summed E-state index contributed by atoms with van der Waals surface area (Å²) in [6, 6.07) is 0.676. The van der Waals surface area contributed by atoms with Crippen molar-refractivity contribution in [3.8, 4) is 0 Å². The van der Waals surface area contributed by atoms with E-state index in [9.17, 15) is 0 Å². The van der Waals surface area contributed by atoms with Gasteiger partial charge in [-0.25, -0.2) is 0 Å². The highest BCUT2D eigenvalue weighted by Crippen LogP contribution is 2.22. The summed E-state index contributed by atoms with van der Waals surface area (Å²) in [7, 11) is 0. The first-order valence-corrected chi connectivity index (χ1v) is 9.30. The summed E-state index contributed by atoms with van der Waals surface area (Å²) in [5, 5.41) is 3.81. The summed E-state index contributed by atoms with van der Waals surface area (Å²) in [4.78, 5) is 0. The molecule has 1 N–H and O–H groups in total. The molecule has 0 fully saturated rings. The lowest BCUT2D eigenvalue weighted by atomic mass is 9.91. The smallest absolute Gasteiger partial charge is 0.0279 e. The number of hydrogen-bond donors (Lipinski definition) is 1. The van der Waals surface area contributed by atoms with Gasteiger partial charge in [0.15, 0.2) is 0 Å². The van der Waals surface area contributed by atoms with Crippen LogP contribution in [0.5, 0.6) is 0 Å². The van der Waals surface area contributed by atoms with Gasteiger partial charge in [0.2, 0.25) is 0 Å². The van der Waals surface area contributed by atoms with Crippen molar-refractivity contribution in [3.63, 3.8) is 0 Å². The van der Waals surface area contributed by atoms with Gasteiger partial charge in [-0.15, -0.1) is 0 Å². The van der Waals surface area contributed by atoms with E-state index in [1.165, 1.54) is 90.0 Å². The predicted molar refractivity (Wildman–Crippen MR) is 91.2 cm³/mol. The third-order valence-corrected chi connectivity index (χ3v) is 4.51. The second-order valence-corrected chi connectivity index (χ2v) is 6.44. The number of nitrogens with one attached hydrogen (secondary N) is 1. The van der Waals surface area contributed by atoms with E-state index < -0.39 is 0 Å². The van der Waals surface area contributed by atoms with E-state index in [-0.39, 0.29) is 0 Å². The van der Waals surface area contributed by atoms with E-state index in [0.29, 0.717) is 6.04 Å². The summed E-state index contributed by atoms with van der Waals surface area (Å²) in [6.07, 6.45) is 20.5. The van der Waals surface area contributed by atoms with Gasteiger partial charge in [0.05, 0.1) is 0 Å². The molecule has 1 unspecified atom stereocenters. The molecule has 0 amide bonds. The van der Waals surface area contributed by atoms with E-state index in [2.05, 4.69) is 25.2 Å². The molecule has 1 nitrogen and oxygen atoms in total. The summed E-state index contributed by atoms with van der Waals surface area (Å²) in [6.45, 7) is 5.75. The summed E-state index contributed by atoms with van der Waals surface area (Å²) in [5.74, 6) is 0. The Hall–Kier alpha value is -0.300. The van der Waals surface area contributed by atoms with Crippen molar-refractivity contribution in [2.75, 3.05) is 6.54 Å². The lowest BCUT2D eigenvalue weighted by Gasteiger charge is -2.23. The van der Waals surface area contributed by atoms with Crippen molar-refractivity contribution in [2.24, 2.45) is 0 Å². The highest BCUT2D eigenvalue weighted by Gasteiger charge is 2.14. The van der Waals surface area contributed by atoms with Crippen LogP contribution in [-0.4, -0.2) is 12.6 Å². The van der Waals surface area contributed by atoms with Gasteiger partial charge >= 0.3 is 0 Å². The molecule has 0 heterocycles. The van der Waals surface area contributed by atoms with E-state index in [4.69, 9.17) is 0 Å². The first-order chi connectivity index (χ1) is 9.88. The molecule has 1 aliphatic carbocycles. The van der Waals surface area contributed by atoms with Crippen LogP contribution in [0.3, 0.4) is 0 Å². The maximum absolute atomic E-state index is 3.81. The fourth-order valence-corrected chi connectivity index (χ4v) is 3.22. The summed E-state index contributed by atoms with van der Waals surface area (Å²) >= 11 is 0. The SMILES string of the molecule is CCCCCCCC(NCCC)C1=CCCCCCC1. The molecule has 1 heteroatoms. The molecule has 0 aromatic heterocycles. The Kier molecular flexibility index (Phi) is 11.0. The second kappa shape index (κ2) is 12.4. The Morgan fingerprint density at radius 2 is 1.75 bits per heavy atom. The first kappa shape index (κ1) is 17.8. The molecule has 0 bridgehead atoms. The zero-order chi connectivity index (χ0) is 14.5. The lowest BCUT2D eigenvalue weighted by Crippen LogP contribution is -2.32. The minimum absolute atomic E-state index is 0.676. The molecular formula is C19H37N. The lowest BCUT2D eigenvalue weighted by molar-refractivity contribution is 0.474. The standard InChI is InChI=1S/C19H37N/c1-3-5-6-8-13-16-19(20-17-4-2)18-14-11-9-7-10-12-15-18/h14,19-20H,3-13,15-17H2,1-2H3. The van der Waals surface area contributed by atoms with Gasteiger partial charge in [-0.05, 0) is 45.1 Å². The van der Waals surface area contributed by atoms with Crippen LogP contribution in [0.1, 0.15) is 97.3 Å². The fourth-order valence-electron chi connectivity index (χ4n) is 3.22. The van der Waals surface area contributed by atoms with E-state index in [1.54, 1.807) is 5.57 Å². The van der Waals surface area contributed by atoms with Gasteiger partial charge in [0, 0.05) is 6.04 Å². The van der Waals surface area contributed by atoms with Crippen LogP contribution in [0.25, 0.3) is 0 Å². The molecule has 0 aliphatic heterocycles. The molecule has 118 valence electrons. The summed E-state index contributed by atoms with van der Waals surface area (Å²) < 4.78 is 0. The molecule has 1 rings (SSSR count). The largest absolute Gasteiger partial charge is 0.310 e. The van der Waals surface area contributed by atoms with Crippen molar-refractivity contribution in [1.82, 2.24) is 5.32 Å². The predicted octanol–water partition coefficient (Wildman–Crippen LogP) is 6.00. The van der Waals surface area contributed by atoms with Crippen LogP contribution in [0.4, 0.5) is 0 Å². The molecule has 20 heavy (non-hydrogen) atoms. The van der Waals surface area contributed by atoms with E-state index in [1.807, 2.05) is 0 Å². The second-order valence-electron chi connectivity index (χ2n) is 6.44. The topological polar surface area (TPSA) is 12.0 Å².